The van der Waals surface area contributed by atoms with E-state index in [1.807, 2.05) is 25.2 Å². The molecular weight excluding hydrogens is 437 g/mol. The lowest BCUT2D eigenvalue weighted by atomic mass is 10.1. The lowest BCUT2D eigenvalue weighted by molar-refractivity contribution is 0.106. The van der Waals surface area contributed by atoms with Crippen molar-refractivity contribution in [3.63, 3.8) is 0 Å². The molecule has 2 atom stereocenters. The Hall–Kier alpha value is -1.60. The molecule has 0 radical (unpaired) electrons. The van der Waals surface area contributed by atoms with E-state index in [0.717, 1.165) is 18.4 Å². The highest BCUT2D eigenvalue weighted by atomic mass is 127. The van der Waals surface area contributed by atoms with Crippen LogP contribution >= 0.6 is 24.0 Å². The summed E-state index contributed by atoms with van der Waals surface area (Å²) in [5.41, 5.74) is 3.64. The summed E-state index contributed by atoms with van der Waals surface area (Å²) in [6.07, 6.45) is 1.23. The Kier molecular flexibility index (Phi) is 8.38. The highest BCUT2D eigenvalue weighted by Crippen LogP contribution is 2.28. The molecule has 0 amide bonds. The second-order valence-corrected chi connectivity index (χ2v) is 6.64. The highest BCUT2D eigenvalue weighted by Gasteiger charge is 2.33. The van der Waals surface area contributed by atoms with Crippen LogP contribution in [-0.4, -0.2) is 19.0 Å². The zero-order chi connectivity index (χ0) is 17.5. The lowest BCUT2D eigenvalue weighted by Crippen LogP contribution is -2.38. The largest absolute Gasteiger partial charge is 0.372 e. The van der Waals surface area contributed by atoms with Gasteiger partial charge in [0, 0.05) is 19.6 Å². The number of halogens is 1. The fourth-order valence-electron chi connectivity index (χ4n) is 2.80. The van der Waals surface area contributed by atoms with Crippen molar-refractivity contribution in [3.05, 3.63) is 71.3 Å². The van der Waals surface area contributed by atoms with E-state index in [4.69, 9.17) is 4.74 Å². The van der Waals surface area contributed by atoms with Gasteiger partial charge in [0.2, 0.25) is 0 Å². The van der Waals surface area contributed by atoms with Gasteiger partial charge >= 0.3 is 0 Å². The van der Waals surface area contributed by atoms with Crippen LogP contribution in [-0.2, 0) is 24.5 Å². The Morgan fingerprint density at radius 1 is 1.04 bits per heavy atom. The number of rotatable bonds is 7. The van der Waals surface area contributed by atoms with Crippen LogP contribution in [0.5, 0.6) is 0 Å². The number of hydrogen-bond acceptors (Lipinski definition) is 2. The van der Waals surface area contributed by atoms with Crippen LogP contribution in [0.25, 0.3) is 0 Å². The van der Waals surface area contributed by atoms with E-state index in [-0.39, 0.29) is 24.0 Å². The van der Waals surface area contributed by atoms with Gasteiger partial charge in [-0.3, -0.25) is 4.99 Å². The van der Waals surface area contributed by atoms with Gasteiger partial charge in [0.25, 0.3) is 0 Å². The third-order valence-corrected chi connectivity index (χ3v) is 4.59. The average molecular weight is 465 g/mol. The zero-order valence-corrected chi connectivity index (χ0v) is 17.8. The molecule has 2 aromatic carbocycles. The minimum Gasteiger partial charge on any atom is -0.372 e. The maximum Gasteiger partial charge on any atom is 0.191 e. The molecule has 26 heavy (non-hydrogen) atoms. The van der Waals surface area contributed by atoms with E-state index in [1.54, 1.807) is 0 Å². The summed E-state index contributed by atoms with van der Waals surface area (Å²) in [5.74, 6) is 1.62. The van der Waals surface area contributed by atoms with E-state index in [2.05, 4.69) is 58.9 Å². The van der Waals surface area contributed by atoms with Crippen LogP contribution in [0.1, 0.15) is 30.0 Å². The van der Waals surface area contributed by atoms with Crippen molar-refractivity contribution < 1.29 is 4.74 Å². The van der Waals surface area contributed by atoms with Gasteiger partial charge in [-0.2, -0.15) is 0 Å². The Labute approximate surface area is 173 Å². The van der Waals surface area contributed by atoms with Gasteiger partial charge in [0.1, 0.15) is 0 Å². The first-order chi connectivity index (χ1) is 12.3. The molecule has 0 aromatic heterocycles. The molecule has 0 aliphatic heterocycles. The molecule has 140 valence electrons. The molecule has 2 N–H and O–H groups in total. The van der Waals surface area contributed by atoms with Gasteiger partial charge < -0.3 is 15.4 Å². The van der Waals surface area contributed by atoms with Crippen molar-refractivity contribution >= 4 is 29.9 Å². The minimum atomic E-state index is 0. The van der Waals surface area contributed by atoms with Gasteiger partial charge in [0.15, 0.2) is 5.96 Å². The van der Waals surface area contributed by atoms with Crippen molar-refractivity contribution in [3.8, 4) is 0 Å². The van der Waals surface area contributed by atoms with Crippen molar-refractivity contribution in [2.45, 2.75) is 39.1 Å². The number of guanidine groups is 1. The number of aliphatic imine (C=N–C) groups is 1. The number of nitrogens with one attached hydrogen (secondary N) is 2. The second-order valence-electron chi connectivity index (χ2n) is 6.64. The Morgan fingerprint density at radius 3 is 2.35 bits per heavy atom. The third kappa shape index (κ3) is 6.29. The molecule has 1 saturated carbocycles. The van der Waals surface area contributed by atoms with Gasteiger partial charge in [-0.15, -0.1) is 24.0 Å². The maximum absolute atomic E-state index is 5.89. The molecule has 4 nitrogen and oxygen atoms in total. The first-order valence-electron chi connectivity index (χ1n) is 8.92. The van der Waals surface area contributed by atoms with Crippen molar-refractivity contribution in [1.82, 2.24) is 10.6 Å². The van der Waals surface area contributed by atoms with Crippen LogP contribution in [0.2, 0.25) is 0 Å². The predicted octanol–water partition coefficient (Wildman–Crippen LogP) is 4.09. The van der Waals surface area contributed by atoms with Crippen LogP contribution < -0.4 is 10.6 Å². The van der Waals surface area contributed by atoms with Gasteiger partial charge in [-0.25, -0.2) is 0 Å². The standard InChI is InChI=1S/C21H27N3O.HI/c1-16-12-20(16)24-21(22-2)23-13-18-10-6-7-11-19(18)15-25-14-17-8-4-3-5-9-17;/h3-11,16,20H,12-15H2,1-2H3,(H2,22,23,24);1H. The third-order valence-electron chi connectivity index (χ3n) is 4.59. The minimum absolute atomic E-state index is 0. The summed E-state index contributed by atoms with van der Waals surface area (Å²) in [6, 6.07) is 19.2. The summed E-state index contributed by atoms with van der Waals surface area (Å²) < 4.78 is 5.89. The summed E-state index contributed by atoms with van der Waals surface area (Å²) >= 11 is 0. The molecule has 3 rings (SSSR count). The number of hydrogen-bond donors (Lipinski definition) is 2. The second kappa shape index (κ2) is 10.5. The fourth-order valence-corrected chi connectivity index (χ4v) is 2.80. The normalized spacial score (nSPS) is 18.8. The molecule has 0 spiro atoms. The average Bonchev–Trinajstić information content (AvgIpc) is 3.35. The quantitative estimate of drug-likeness (QED) is 0.368. The van der Waals surface area contributed by atoms with Crippen LogP contribution in [0.4, 0.5) is 0 Å². The zero-order valence-electron chi connectivity index (χ0n) is 15.4. The molecule has 1 aliphatic carbocycles. The molecule has 2 aromatic rings. The Morgan fingerprint density at radius 2 is 1.69 bits per heavy atom. The number of ether oxygens (including phenoxy) is 1. The Bertz CT molecular complexity index is 705. The smallest absolute Gasteiger partial charge is 0.191 e. The van der Waals surface area contributed by atoms with Crippen LogP contribution in [0.3, 0.4) is 0 Å². The summed E-state index contributed by atoms with van der Waals surface area (Å²) in [4.78, 5) is 4.31. The van der Waals surface area contributed by atoms with Crippen LogP contribution in [0, 0.1) is 5.92 Å². The monoisotopic (exact) mass is 465 g/mol. The number of benzene rings is 2. The summed E-state index contributed by atoms with van der Waals surface area (Å²) in [6.45, 7) is 4.24. The van der Waals surface area contributed by atoms with Gasteiger partial charge in [-0.05, 0) is 29.0 Å². The molecule has 0 saturated heterocycles. The Balaban J connectivity index is 0.00000243. The molecule has 0 heterocycles. The molecule has 5 heteroatoms. The van der Waals surface area contributed by atoms with Gasteiger partial charge in [0.05, 0.1) is 13.2 Å². The van der Waals surface area contributed by atoms with Crippen molar-refractivity contribution in [1.29, 1.82) is 0 Å². The van der Waals surface area contributed by atoms with E-state index in [0.29, 0.717) is 19.3 Å². The van der Waals surface area contributed by atoms with E-state index < -0.39 is 0 Å². The fraction of sp³-hybridized carbons (Fsp3) is 0.381. The van der Waals surface area contributed by atoms with Crippen molar-refractivity contribution in [2.75, 3.05) is 7.05 Å². The maximum atomic E-state index is 5.89. The lowest BCUT2D eigenvalue weighted by Gasteiger charge is -2.14. The predicted molar refractivity (Wildman–Crippen MR) is 118 cm³/mol. The van der Waals surface area contributed by atoms with E-state index >= 15 is 0 Å². The number of nitrogens with zero attached hydrogens (tertiary/aromatic N) is 1. The molecule has 2 unspecified atom stereocenters. The van der Waals surface area contributed by atoms with Crippen LogP contribution in [0.15, 0.2) is 59.6 Å². The first kappa shape index (κ1) is 20.7. The summed E-state index contributed by atoms with van der Waals surface area (Å²) in [5, 5.41) is 6.86. The molecule has 1 fully saturated rings. The van der Waals surface area contributed by atoms with Gasteiger partial charge in [-0.1, -0.05) is 61.5 Å². The topological polar surface area (TPSA) is 45.7 Å². The highest BCUT2D eigenvalue weighted by molar-refractivity contribution is 14.0. The molecular formula is C21H28IN3O. The summed E-state index contributed by atoms with van der Waals surface area (Å²) in [7, 11) is 1.82. The molecule has 0 bridgehead atoms. The first-order valence-corrected chi connectivity index (χ1v) is 8.92. The SMILES string of the molecule is CN=C(NCc1ccccc1COCc1ccccc1)NC1CC1C.I. The van der Waals surface area contributed by atoms with Crippen molar-refractivity contribution in [2.24, 2.45) is 10.9 Å². The van der Waals surface area contributed by atoms with E-state index in [9.17, 15) is 0 Å². The van der Waals surface area contributed by atoms with E-state index in [1.165, 1.54) is 23.1 Å². The molecule has 1 aliphatic rings.